The minimum Gasteiger partial charge on any atom is -0.481 e. The normalized spacial score (nSPS) is 16.2. The molecular weight excluding hydrogens is 288 g/mol. The average Bonchev–Trinajstić information content (AvgIpc) is 2.77. The SMILES string of the molecule is Cc1nc(CC(=O)N2CCC(C)CC2)sc1CCC(=O)O. The van der Waals surface area contributed by atoms with Gasteiger partial charge in [0.1, 0.15) is 5.01 Å². The molecule has 0 aliphatic carbocycles. The second kappa shape index (κ2) is 7.02. The lowest BCUT2D eigenvalue weighted by atomic mass is 9.99. The number of rotatable bonds is 5. The summed E-state index contributed by atoms with van der Waals surface area (Å²) in [6.07, 6.45) is 3.10. The predicted octanol–water partition coefficient (Wildman–Crippen LogP) is 2.27. The van der Waals surface area contributed by atoms with E-state index in [1.807, 2.05) is 11.8 Å². The van der Waals surface area contributed by atoms with Crippen molar-refractivity contribution in [3.05, 3.63) is 15.6 Å². The maximum absolute atomic E-state index is 12.3. The number of carbonyl (C=O) groups is 2. The third-order valence-corrected chi connectivity index (χ3v) is 5.16. The molecule has 1 aromatic rings. The largest absolute Gasteiger partial charge is 0.481 e. The van der Waals surface area contributed by atoms with E-state index < -0.39 is 5.97 Å². The van der Waals surface area contributed by atoms with Crippen LogP contribution in [0.15, 0.2) is 0 Å². The van der Waals surface area contributed by atoms with Crippen molar-refractivity contribution in [3.8, 4) is 0 Å². The van der Waals surface area contributed by atoms with Crippen molar-refractivity contribution in [2.75, 3.05) is 13.1 Å². The summed E-state index contributed by atoms with van der Waals surface area (Å²) in [5.41, 5.74) is 0.858. The van der Waals surface area contributed by atoms with Gasteiger partial charge in [0.25, 0.3) is 0 Å². The van der Waals surface area contributed by atoms with Gasteiger partial charge in [0.2, 0.25) is 5.91 Å². The highest BCUT2D eigenvalue weighted by Crippen LogP contribution is 2.22. The molecule has 5 nitrogen and oxygen atoms in total. The van der Waals surface area contributed by atoms with E-state index in [1.165, 1.54) is 11.3 Å². The third-order valence-electron chi connectivity index (χ3n) is 3.94. The number of carboxylic acid groups (broad SMARTS) is 1. The van der Waals surface area contributed by atoms with Gasteiger partial charge in [0.05, 0.1) is 18.5 Å². The Balaban J connectivity index is 1.92. The Morgan fingerprint density at radius 2 is 2.05 bits per heavy atom. The lowest BCUT2D eigenvalue weighted by Gasteiger charge is -2.30. The fourth-order valence-corrected chi connectivity index (χ4v) is 3.58. The predicted molar refractivity (Wildman–Crippen MR) is 81.5 cm³/mol. The molecule has 2 heterocycles. The Labute approximate surface area is 129 Å². The van der Waals surface area contributed by atoms with Gasteiger partial charge in [-0.3, -0.25) is 9.59 Å². The monoisotopic (exact) mass is 310 g/mol. The van der Waals surface area contributed by atoms with E-state index in [4.69, 9.17) is 5.11 Å². The van der Waals surface area contributed by atoms with Gasteiger partial charge in [0, 0.05) is 18.0 Å². The number of carbonyl (C=O) groups excluding carboxylic acids is 1. The van der Waals surface area contributed by atoms with Crippen LogP contribution < -0.4 is 0 Å². The molecule has 1 saturated heterocycles. The lowest BCUT2D eigenvalue weighted by molar-refractivity contribution is -0.137. The quantitative estimate of drug-likeness (QED) is 0.905. The molecule has 1 N–H and O–H groups in total. The highest BCUT2D eigenvalue weighted by atomic mass is 32.1. The zero-order chi connectivity index (χ0) is 15.4. The molecule has 1 fully saturated rings. The zero-order valence-corrected chi connectivity index (χ0v) is 13.4. The molecular formula is C15H22N2O3S. The second-order valence-corrected chi connectivity index (χ2v) is 6.92. The number of nitrogens with zero attached hydrogens (tertiary/aromatic N) is 2. The van der Waals surface area contributed by atoms with Gasteiger partial charge in [-0.1, -0.05) is 6.92 Å². The molecule has 1 aliphatic rings. The van der Waals surface area contributed by atoms with E-state index in [9.17, 15) is 9.59 Å². The molecule has 0 radical (unpaired) electrons. The Morgan fingerprint density at radius 3 is 2.67 bits per heavy atom. The number of piperidine rings is 1. The molecule has 0 atom stereocenters. The highest BCUT2D eigenvalue weighted by molar-refractivity contribution is 7.11. The van der Waals surface area contributed by atoms with Crippen molar-refractivity contribution in [2.45, 2.75) is 46.0 Å². The molecule has 6 heteroatoms. The molecule has 0 spiro atoms. The summed E-state index contributed by atoms with van der Waals surface area (Å²) in [6, 6.07) is 0. The van der Waals surface area contributed by atoms with E-state index in [-0.39, 0.29) is 12.3 Å². The van der Waals surface area contributed by atoms with E-state index in [0.717, 1.165) is 41.5 Å². The van der Waals surface area contributed by atoms with Gasteiger partial charge in [0.15, 0.2) is 0 Å². The van der Waals surface area contributed by atoms with Gasteiger partial charge in [-0.15, -0.1) is 11.3 Å². The summed E-state index contributed by atoms with van der Waals surface area (Å²) in [7, 11) is 0. The Bertz CT molecular complexity index is 519. The van der Waals surface area contributed by atoms with Gasteiger partial charge in [-0.05, 0) is 32.1 Å². The first-order valence-electron chi connectivity index (χ1n) is 7.40. The van der Waals surface area contributed by atoms with Crippen LogP contribution in [-0.2, 0) is 22.4 Å². The van der Waals surface area contributed by atoms with Crippen LogP contribution in [0.25, 0.3) is 0 Å². The van der Waals surface area contributed by atoms with Crippen molar-refractivity contribution < 1.29 is 14.7 Å². The molecule has 21 heavy (non-hydrogen) atoms. The van der Waals surface area contributed by atoms with Crippen LogP contribution in [0.4, 0.5) is 0 Å². The molecule has 1 amide bonds. The number of likely N-dealkylation sites (tertiary alicyclic amines) is 1. The smallest absolute Gasteiger partial charge is 0.303 e. The number of hydrogen-bond acceptors (Lipinski definition) is 4. The molecule has 116 valence electrons. The van der Waals surface area contributed by atoms with Gasteiger partial charge in [-0.25, -0.2) is 4.98 Å². The summed E-state index contributed by atoms with van der Waals surface area (Å²) >= 11 is 1.47. The minimum absolute atomic E-state index is 0.112. The first-order chi connectivity index (χ1) is 9.95. The topological polar surface area (TPSA) is 70.5 Å². The van der Waals surface area contributed by atoms with Crippen molar-refractivity contribution >= 4 is 23.2 Å². The number of hydrogen-bond donors (Lipinski definition) is 1. The van der Waals surface area contributed by atoms with E-state index in [2.05, 4.69) is 11.9 Å². The summed E-state index contributed by atoms with van der Waals surface area (Å²) in [6.45, 7) is 5.79. The number of amides is 1. The maximum atomic E-state index is 12.3. The highest BCUT2D eigenvalue weighted by Gasteiger charge is 2.21. The third kappa shape index (κ3) is 4.52. The fraction of sp³-hybridized carbons (Fsp3) is 0.667. The number of aryl methyl sites for hydroxylation is 2. The molecule has 2 rings (SSSR count). The van der Waals surface area contributed by atoms with E-state index in [0.29, 0.717) is 18.8 Å². The molecule has 0 unspecified atom stereocenters. The van der Waals surface area contributed by atoms with E-state index in [1.54, 1.807) is 0 Å². The zero-order valence-electron chi connectivity index (χ0n) is 12.6. The molecule has 1 aromatic heterocycles. The fourth-order valence-electron chi connectivity index (χ4n) is 2.52. The van der Waals surface area contributed by atoms with Crippen LogP contribution in [0.2, 0.25) is 0 Å². The summed E-state index contributed by atoms with van der Waals surface area (Å²) < 4.78 is 0. The van der Waals surface area contributed by atoms with Crippen LogP contribution in [0, 0.1) is 12.8 Å². The maximum Gasteiger partial charge on any atom is 0.303 e. The van der Waals surface area contributed by atoms with Crippen LogP contribution in [0.1, 0.15) is 41.8 Å². The van der Waals surface area contributed by atoms with Crippen LogP contribution in [0.5, 0.6) is 0 Å². The first kappa shape index (κ1) is 15.9. The van der Waals surface area contributed by atoms with Crippen LogP contribution in [0.3, 0.4) is 0 Å². The Hall–Kier alpha value is -1.43. The van der Waals surface area contributed by atoms with Gasteiger partial charge in [-0.2, -0.15) is 0 Å². The Kier molecular flexibility index (Phi) is 5.33. The summed E-state index contributed by atoms with van der Waals surface area (Å²) in [5.74, 6) is 0.0436. The molecule has 0 saturated carbocycles. The van der Waals surface area contributed by atoms with Crippen molar-refractivity contribution in [1.29, 1.82) is 0 Å². The van der Waals surface area contributed by atoms with Crippen molar-refractivity contribution in [2.24, 2.45) is 5.92 Å². The number of carboxylic acids is 1. The molecule has 0 bridgehead atoms. The number of aromatic nitrogens is 1. The van der Waals surface area contributed by atoms with Crippen LogP contribution in [-0.4, -0.2) is 40.0 Å². The number of aliphatic carboxylic acids is 1. The van der Waals surface area contributed by atoms with Crippen molar-refractivity contribution in [3.63, 3.8) is 0 Å². The standard InChI is InChI=1S/C15H22N2O3S/c1-10-5-7-17(8-6-10)14(18)9-13-16-11(2)12(21-13)3-4-15(19)20/h10H,3-9H2,1-2H3,(H,19,20). The Morgan fingerprint density at radius 1 is 1.38 bits per heavy atom. The van der Waals surface area contributed by atoms with Crippen molar-refractivity contribution in [1.82, 2.24) is 9.88 Å². The van der Waals surface area contributed by atoms with E-state index >= 15 is 0 Å². The second-order valence-electron chi connectivity index (χ2n) is 5.75. The molecule has 0 aromatic carbocycles. The number of thiazole rings is 1. The van der Waals surface area contributed by atoms with Gasteiger partial charge >= 0.3 is 5.97 Å². The first-order valence-corrected chi connectivity index (χ1v) is 8.22. The minimum atomic E-state index is -0.803. The molecule has 1 aliphatic heterocycles. The lowest BCUT2D eigenvalue weighted by Crippen LogP contribution is -2.38. The average molecular weight is 310 g/mol. The van der Waals surface area contributed by atoms with Crippen LogP contribution >= 0.6 is 11.3 Å². The van der Waals surface area contributed by atoms with Gasteiger partial charge < -0.3 is 10.0 Å². The summed E-state index contributed by atoms with van der Waals surface area (Å²) in [4.78, 5) is 30.2. The summed E-state index contributed by atoms with van der Waals surface area (Å²) in [5, 5.41) is 9.54.